The molecule has 1 aliphatic carbocycles. The molecule has 64 valence electrons. The van der Waals surface area contributed by atoms with E-state index in [0.717, 1.165) is 31.6 Å². The maximum Gasteiger partial charge on any atom is 0.132 e. The molecule has 0 atom stereocenters. The van der Waals surface area contributed by atoms with Gasteiger partial charge in [-0.05, 0) is 24.2 Å². The van der Waals surface area contributed by atoms with Crippen molar-refractivity contribution >= 4 is 5.78 Å². The molecule has 1 heteroatoms. The molecular weight excluding hydrogens is 136 g/mol. The third-order valence-corrected chi connectivity index (χ3v) is 3.34. The first kappa shape index (κ1) is 8.76. The van der Waals surface area contributed by atoms with Gasteiger partial charge in [0, 0.05) is 12.8 Å². The van der Waals surface area contributed by atoms with Crippen LogP contribution in [-0.2, 0) is 4.79 Å². The number of carbonyl (C=O) groups excluding carboxylic acids is 1. The molecule has 1 rings (SSSR count). The average molecular weight is 154 g/mol. The maximum absolute atomic E-state index is 11.0. The Bertz CT molecular complexity index is 148. The zero-order valence-electron chi connectivity index (χ0n) is 7.81. The average Bonchev–Trinajstić information content (AvgIpc) is 1.95. The van der Waals surface area contributed by atoms with E-state index in [1.165, 1.54) is 0 Å². The van der Waals surface area contributed by atoms with Crippen LogP contribution in [-0.4, -0.2) is 5.78 Å². The van der Waals surface area contributed by atoms with Crippen molar-refractivity contribution in [3.63, 3.8) is 0 Å². The van der Waals surface area contributed by atoms with Crippen LogP contribution in [0.15, 0.2) is 0 Å². The van der Waals surface area contributed by atoms with Gasteiger partial charge >= 0.3 is 0 Å². The number of hydrogen-bond donors (Lipinski definition) is 0. The van der Waals surface area contributed by atoms with E-state index < -0.39 is 0 Å². The normalized spacial score (nSPS) is 24.2. The van der Waals surface area contributed by atoms with E-state index in [4.69, 9.17) is 0 Å². The zero-order chi connectivity index (χ0) is 8.48. The summed E-state index contributed by atoms with van der Waals surface area (Å²) in [4.78, 5) is 11.0. The number of carbonyl (C=O) groups is 1. The monoisotopic (exact) mass is 154 g/mol. The fourth-order valence-electron chi connectivity index (χ4n) is 1.68. The minimum Gasteiger partial charge on any atom is -0.300 e. The summed E-state index contributed by atoms with van der Waals surface area (Å²) in [7, 11) is 0. The zero-order valence-corrected chi connectivity index (χ0v) is 7.81. The summed E-state index contributed by atoms with van der Waals surface area (Å²) in [5.41, 5.74) is 0.438. The Morgan fingerprint density at radius 2 is 1.73 bits per heavy atom. The summed E-state index contributed by atoms with van der Waals surface area (Å²) in [6, 6.07) is 0. The van der Waals surface area contributed by atoms with Crippen LogP contribution in [0.5, 0.6) is 0 Å². The molecule has 0 aromatic carbocycles. The number of ketones is 1. The predicted molar refractivity (Wildman–Crippen MR) is 46.4 cm³/mol. The van der Waals surface area contributed by atoms with Crippen molar-refractivity contribution in [1.82, 2.24) is 0 Å². The highest BCUT2D eigenvalue weighted by molar-refractivity contribution is 5.79. The second kappa shape index (κ2) is 2.96. The minimum absolute atomic E-state index is 0.438. The summed E-state index contributed by atoms with van der Waals surface area (Å²) in [5.74, 6) is 1.18. The first-order valence-corrected chi connectivity index (χ1v) is 4.56. The van der Waals surface area contributed by atoms with E-state index in [0.29, 0.717) is 11.2 Å². The molecule has 1 fully saturated rings. The quantitative estimate of drug-likeness (QED) is 0.567. The molecule has 11 heavy (non-hydrogen) atoms. The van der Waals surface area contributed by atoms with Gasteiger partial charge in [0.05, 0.1) is 0 Å². The molecule has 0 amide bonds. The lowest BCUT2D eigenvalue weighted by molar-refractivity contribution is -0.122. The van der Waals surface area contributed by atoms with Gasteiger partial charge in [-0.1, -0.05) is 20.8 Å². The Kier molecular flexibility index (Phi) is 2.36. The molecule has 0 heterocycles. The summed E-state index contributed by atoms with van der Waals surface area (Å²) >= 11 is 0. The Labute approximate surface area is 69.2 Å². The van der Waals surface area contributed by atoms with Gasteiger partial charge in [0.15, 0.2) is 0 Å². The van der Waals surface area contributed by atoms with Crippen LogP contribution in [0.2, 0.25) is 0 Å². The fourth-order valence-corrected chi connectivity index (χ4v) is 1.68. The molecule has 0 spiro atoms. The van der Waals surface area contributed by atoms with Crippen molar-refractivity contribution in [2.75, 3.05) is 0 Å². The summed E-state index contributed by atoms with van der Waals surface area (Å²) in [6.07, 6.45) is 3.83. The highest BCUT2D eigenvalue weighted by atomic mass is 16.1. The number of Topliss-reactive ketones (excluding diaryl/α,β-unsaturated/α-hetero) is 1. The first-order valence-electron chi connectivity index (χ1n) is 4.56. The molecule has 0 aromatic rings. The van der Waals surface area contributed by atoms with Crippen molar-refractivity contribution in [1.29, 1.82) is 0 Å². The van der Waals surface area contributed by atoms with Gasteiger partial charge in [0.1, 0.15) is 5.78 Å². The highest BCUT2D eigenvalue weighted by Gasteiger charge is 2.32. The van der Waals surface area contributed by atoms with E-state index in [1.54, 1.807) is 0 Å². The van der Waals surface area contributed by atoms with Gasteiger partial charge in [-0.3, -0.25) is 4.79 Å². The molecule has 1 aliphatic rings. The molecule has 0 radical (unpaired) electrons. The SMILES string of the molecule is CC(C)C1(C)CCC(=O)CC1. The molecule has 0 aromatic heterocycles. The van der Waals surface area contributed by atoms with Crippen molar-refractivity contribution in [3.8, 4) is 0 Å². The van der Waals surface area contributed by atoms with E-state index in [1.807, 2.05) is 0 Å². The lowest BCUT2D eigenvalue weighted by atomic mass is 9.68. The Balaban J connectivity index is 2.55. The van der Waals surface area contributed by atoms with E-state index >= 15 is 0 Å². The van der Waals surface area contributed by atoms with Crippen LogP contribution in [0, 0.1) is 11.3 Å². The second-order valence-electron chi connectivity index (χ2n) is 4.35. The van der Waals surface area contributed by atoms with Crippen LogP contribution in [0.3, 0.4) is 0 Å². The summed E-state index contributed by atoms with van der Waals surface area (Å²) in [5, 5.41) is 0. The smallest absolute Gasteiger partial charge is 0.132 e. The molecule has 0 aliphatic heterocycles. The van der Waals surface area contributed by atoms with E-state index in [2.05, 4.69) is 20.8 Å². The lowest BCUT2D eigenvalue weighted by Crippen LogP contribution is -2.29. The Morgan fingerprint density at radius 3 is 2.09 bits per heavy atom. The van der Waals surface area contributed by atoms with Crippen LogP contribution < -0.4 is 0 Å². The van der Waals surface area contributed by atoms with Crippen molar-refractivity contribution in [2.24, 2.45) is 11.3 Å². The molecule has 0 N–H and O–H groups in total. The van der Waals surface area contributed by atoms with Gasteiger partial charge in [-0.2, -0.15) is 0 Å². The molecule has 0 saturated heterocycles. The van der Waals surface area contributed by atoms with E-state index in [-0.39, 0.29) is 0 Å². The van der Waals surface area contributed by atoms with Gasteiger partial charge in [-0.15, -0.1) is 0 Å². The Morgan fingerprint density at radius 1 is 1.27 bits per heavy atom. The molecule has 1 nitrogen and oxygen atoms in total. The molecule has 1 saturated carbocycles. The fraction of sp³-hybridized carbons (Fsp3) is 0.900. The molecule has 0 bridgehead atoms. The summed E-state index contributed by atoms with van der Waals surface area (Å²) in [6.45, 7) is 6.83. The van der Waals surface area contributed by atoms with Gasteiger partial charge < -0.3 is 0 Å². The van der Waals surface area contributed by atoms with Crippen LogP contribution in [0.25, 0.3) is 0 Å². The standard InChI is InChI=1S/C10H18O/c1-8(2)10(3)6-4-9(11)5-7-10/h8H,4-7H2,1-3H3. The topological polar surface area (TPSA) is 17.1 Å². The predicted octanol–water partition coefficient (Wildman–Crippen LogP) is 2.79. The van der Waals surface area contributed by atoms with E-state index in [9.17, 15) is 4.79 Å². The first-order chi connectivity index (χ1) is 5.04. The molecule has 0 unspecified atom stereocenters. The third kappa shape index (κ3) is 1.82. The van der Waals surface area contributed by atoms with Crippen LogP contribution in [0.4, 0.5) is 0 Å². The highest BCUT2D eigenvalue weighted by Crippen LogP contribution is 2.40. The Hall–Kier alpha value is -0.330. The van der Waals surface area contributed by atoms with Gasteiger partial charge in [0.2, 0.25) is 0 Å². The lowest BCUT2D eigenvalue weighted by Gasteiger charge is -2.36. The second-order valence-corrected chi connectivity index (χ2v) is 4.35. The number of rotatable bonds is 1. The minimum atomic E-state index is 0.438. The van der Waals surface area contributed by atoms with Crippen LogP contribution in [0.1, 0.15) is 46.5 Å². The van der Waals surface area contributed by atoms with Crippen LogP contribution >= 0.6 is 0 Å². The van der Waals surface area contributed by atoms with Crippen molar-refractivity contribution in [3.05, 3.63) is 0 Å². The largest absolute Gasteiger partial charge is 0.300 e. The van der Waals surface area contributed by atoms with Gasteiger partial charge in [0.25, 0.3) is 0 Å². The maximum atomic E-state index is 11.0. The third-order valence-electron chi connectivity index (χ3n) is 3.34. The van der Waals surface area contributed by atoms with Crippen molar-refractivity contribution in [2.45, 2.75) is 46.5 Å². The van der Waals surface area contributed by atoms with Gasteiger partial charge in [-0.25, -0.2) is 0 Å². The van der Waals surface area contributed by atoms with Crippen molar-refractivity contribution < 1.29 is 4.79 Å². The molecular formula is C10H18O. The summed E-state index contributed by atoms with van der Waals surface area (Å²) < 4.78 is 0. The number of hydrogen-bond acceptors (Lipinski definition) is 1.